The molecule has 2 aromatic rings. The summed E-state index contributed by atoms with van der Waals surface area (Å²) in [5.41, 5.74) is 7.58. The number of benzene rings is 2. The molecule has 0 saturated heterocycles. The maximum atomic E-state index is 12.3. The van der Waals surface area contributed by atoms with Crippen LogP contribution in [-0.2, 0) is 25.2 Å². The molecule has 3 aliphatic rings. The zero-order valence-corrected chi connectivity index (χ0v) is 28.3. The van der Waals surface area contributed by atoms with Gasteiger partial charge in [-0.2, -0.15) is 4.58 Å². The third kappa shape index (κ3) is 7.14. The highest BCUT2D eigenvalue weighted by atomic mass is 16.2. The number of carbonyl (C=O) groups excluding carboxylic acids is 3. The molecule has 0 aromatic heterocycles. The fourth-order valence-electron chi connectivity index (χ4n) is 6.95. The molecule has 0 spiro atoms. The summed E-state index contributed by atoms with van der Waals surface area (Å²) in [7, 11) is 2.14. The molecule has 0 atom stereocenters. The van der Waals surface area contributed by atoms with Crippen LogP contribution in [-0.4, -0.2) is 59.6 Å². The Morgan fingerprint density at radius 2 is 1.43 bits per heavy atom. The van der Waals surface area contributed by atoms with Crippen LogP contribution >= 0.6 is 0 Å². The lowest BCUT2D eigenvalue weighted by Crippen LogP contribution is -2.38. The number of hydrogen-bond donors (Lipinski definition) is 1. The molecule has 3 aliphatic heterocycles. The van der Waals surface area contributed by atoms with Gasteiger partial charge in [-0.25, -0.2) is 0 Å². The standard InChI is InChI=1S/C40H46N4O3/c1-39(2)30-18-13-15-20-32(30)42(5)34(39)22-10-7-6-8-11-23-35-40(3,4)31-19-14-16-21-33(31)43(35)28-17-9-12-24-36(45)41-27-29-44-37(46)25-26-38(44)47/h6-8,10-11,13-16,18-23,25-26H,9,12,17,24,27-29H2,1-5H3/p+1. The predicted octanol–water partition coefficient (Wildman–Crippen LogP) is 6.64. The van der Waals surface area contributed by atoms with E-state index in [-0.39, 0.29) is 41.6 Å². The Morgan fingerprint density at radius 1 is 0.766 bits per heavy atom. The van der Waals surface area contributed by atoms with Crippen molar-refractivity contribution in [3.63, 3.8) is 0 Å². The van der Waals surface area contributed by atoms with E-state index in [1.165, 1.54) is 46.1 Å². The summed E-state index contributed by atoms with van der Waals surface area (Å²) >= 11 is 0. The molecule has 0 bridgehead atoms. The quantitative estimate of drug-likeness (QED) is 0.116. The number of fused-ring (bicyclic) bond motifs is 2. The fraction of sp³-hybridized carbons (Fsp3) is 0.350. The van der Waals surface area contributed by atoms with Crippen molar-refractivity contribution in [2.45, 2.75) is 64.2 Å². The molecule has 3 heterocycles. The first-order valence-electron chi connectivity index (χ1n) is 16.6. The van der Waals surface area contributed by atoms with Crippen LogP contribution in [0, 0.1) is 0 Å². The Bertz CT molecular complexity index is 1700. The normalized spacial score (nSPS) is 19.0. The molecule has 0 fully saturated rings. The Kier molecular flexibility index (Phi) is 10.2. The first kappa shape index (κ1) is 33.6. The van der Waals surface area contributed by atoms with Gasteiger partial charge in [0.2, 0.25) is 11.6 Å². The molecule has 1 N–H and O–H groups in total. The second-order valence-corrected chi connectivity index (χ2v) is 13.4. The number of carbonyl (C=O) groups is 3. The van der Waals surface area contributed by atoms with Crippen molar-refractivity contribution in [3.8, 4) is 0 Å². The van der Waals surface area contributed by atoms with Gasteiger partial charge in [-0.05, 0) is 44.4 Å². The summed E-state index contributed by atoms with van der Waals surface area (Å²) in [4.78, 5) is 39.2. The number of anilines is 1. The molecule has 0 unspecified atom stereocenters. The molecule has 7 heteroatoms. The minimum absolute atomic E-state index is 0.0363. The minimum Gasteiger partial charge on any atom is -0.354 e. The first-order chi connectivity index (χ1) is 22.5. The largest absolute Gasteiger partial charge is 0.354 e. The summed E-state index contributed by atoms with van der Waals surface area (Å²) in [5, 5.41) is 2.83. The van der Waals surface area contributed by atoms with Crippen molar-refractivity contribution in [2.24, 2.45) is 0 Å². The van der Waals surface area contributed by atoms with Gasteiger partial charge in [-0.15, -0.1) is 0 Å². The Morgan fingerprint density at radius 3 is 2.17 bits per heavy atom. The number of amides is 3. The predicted molar refractivity (Wildman–Crippen MR) is 190 cm³/mol. The van der Waals surface area contributed by atoms with E-state index in [4.69, 9.17) is 0 Å². The summed E-state index contributed by atoms with van der Waals surface area (Å²) in [5.74, 6) is -0.709. The first-order valence-corrected chi connectivity index (χ1v) is 16.6. The van der Waals surface area contributed by atoms with Crippen molar-refractivity contribution in [1.29, 1.82) is 0 Å². The van der Waals surface area contributed by atoms with E-state index in [0.29, 0.717) is 6.42 Å². The molecular formula is C40H47N4O3+. The Labute approximate surface area is 279 Å². The van der Waals surface area contributed by atoms with E-state index >= 15 is 0 Å². The summed E-state index contributed by atoms with van der Waals surface area (Å²) < 4.78 is 2.28. The molecule has 47 heavy (non-hydrogen) atoms. The molecule has 0 aliphatic carbocycles. The van der Waals surface area contributed by atoms with Crippen molar-refractivity contribution in [1.82, 2.24) is 10.2 Å². The van der Waals surface area contributed by atoms with E-state index in [0.717, 1.165) is 30.7 Å². The molecule has 0 saturated carbocycles. The minimum atomic E-state index is -0.327. The van der Waals surface area contributed by atoms with Crippen molar-refractivity contribution in [3.05, 3.63) is 120 Å². The lowest BCUT2D eigenvalue weighted by atomic mass is 9.81. The molecule has 244 valence electrons. The topological polar surface area (TPSA) is 72.7 Å². The number of nitrogens with one attached hydrogen (secondary N) is 1. The summed E-state index contributed by atoms with van der Waals surface area (Å²) in [6.45, 7) is 10.5. The molecule has 2 aromatic carbocycles. The van der Waals surface area contributed by atoms with Crippen molar-refractivity contribution >= 4 is 34.8 Å². The Balaban J connectivity index is 1.14. The summed E-state index contributed by atoms with van der Waals surface area (Å²) in [6.07, 6.45) is 20.5. The lowest BCUT2D eigenvalue weighted by Gasteiger charge is -2.27. The van der Waals surface area contributed by atoms with Gasteiger partial charge < -0.3 is 10.2 Å². The van der Waals surface area contributed by atoms with Crippen LogP contribution < -0.4 is 10.2 Å². The van der Waals surface area contributed by atoms with Gasteiger partial charge in [-0.3, -0.25) is 19.3 Å². The second-order valence-electron chi connectivity index (χ2n) is 13.4. The average molecular weight is 632 g/mol. The SMILES string of the molecule is C[N+]1=C(C=CC=CC=CC=C2N(CCCCCC(=O)NCCN3C(=O)C=CC3=O)c3ccccc3C2(C)C)C(C)(C)c2ccccc21. The van der Waals surface area contributed by atoms with Crippen LogP contribution in [0.1, 0.15) is 64.5 Å². The highest BCUT2D eigenvalue weighted by molar-refractivity contribution is 6.12. The zero-order chi connectivity index (χ0) is 33.6. The van der Waals surface area contributed by atoms with Crippen molar-refractivity contribution < 1.29 is 19.0 Å². The van der Waals surface area contributed by atoms with Gasteiger partial charge in [0.1, 0.15) is 7.05 Å². The van der Waals surface area contributed by atoms with Gasteiger partial charge in [-0.1, -0.05) is 87.0 Å². The molecule has 0 radical (unpaired) electrons. The second kappa shape index (κ2) is 14.3. The maximum Gasteiger partial charge on any atom is 0.253 e. The number of imide groups is 1. The highest BCUT2D eigenvalue weighted by Crippen LogP contribution is 2.47. The van der Waals surface area contributed by atoms with Crippen LogP contribution in [0.25, 0.3) is 0 Å². The summed E-state index contributed by atoms with van der Waals surface area (Å²) in [6, 6.07) is 17.2. The lowest BCUT2D eigenvalue weighted by molar-refractivity contribution is -0.401. The molecule has 3 amide bonds. The molecule has 5 rings (SSSR count). The monoisotopic (exact) mass is 631 g/mol. The number of para-hydroxylation sites is 2. The number of nitrogens with zero attached hydrogens (tertiary/aromatic N) is 3. The van der Waals surface area contributed by atoms with E-state index in [1.54, 1.807) is 0 Å². The average Bonchev–Trinajstić information content (AvgIpc) is 3.56. The van der Waals surface area contributed by atoms with E-state index in [1.807, 2.05) is 0 Å². The van der Waals surface area contributed by atoms with Gasteiger partial charge >= 0.3 is 0 Å². The van der Waals surface area contributed by atoms with E-state index in [9.17, 15) is 14.4 Å². The highest BCUT2D eigenvalue weighted by Gasteiger charge is 2.42. The number of unbranched alkanes of at least 4 members (excludes halogenated alkanes) is 2. The fourth-order valence-corrected chi connectivity index (χ4v) is 6.95. The van der Waals surface area contributed by atoms with E-state index < -0.39 is 0 Å². The smallest absolute Gasteiger partial charge is 0.253 e. The number of allylic oxidation sites excluding steroid dienone is 8. The zero-order valence-electron chi connectivity index (χ0n) is 28.3. The number of hydrogen-bond acceptors (Lipinski definition) is 4. The molecule has 7 nitrogen and oxygen atoms in total. The van der Waals surface area contributed by atoms with Gasteiger partial charge in [0, 0.05) is 72.7 Å². The number of rotatable bonds is 13. The maximum absolute atomic E-state index is 12.3. The third-order valence-electron chi connectivity index (χ3n) is 9.54. The van der Waals surface area contributed by atoms with Crippen LogP contribution in [0.15, 0.2) is 109 Å². The molecular weight excluding hydrogens is 584 g/mol. The van der Waals surface area contributed by atoms with Crippen LogP contribution in [0.4, 0.5) is 11.4 Å². The van der Waals surface area contributed by atoms with Crippen molar-refractivity contribution in [2.75, 3.05) is 31.6 Å². The van der Waals surface area contributed by atoms with E-state index in [2.05, 4.69) is 141 Å². The van der Waals surface area contributed by atoms with Crippen LogP contribution in [0.3, 0.4) is 0 Å². The van der Waals surface area contributed by atoms with Crippen LogP contribution in [0.2, 0.25) is 0 Å². The third-order valence-corrected chi connectivity index (χ3v) is 9.54. The van der Waals surface area contributed by atoms with Crippen LogP contribution in [0.5, 0.6) is 0 Å². The van der Waals surface area contributed by atoms with Gasteiger partial charge in [0.25, 0.3) is 11.8 Å². The Hall–Kier alpha value is -4.78. The van der Waals surface area contributed by atoms with Gasteiger partial charge in [0.15, 0.2) is 5.71 Å². The van der Waals surface area contributed by atoms with Gasteiger partial charge in [0.05, 0.1) is 5.41 Å².